The molecule has 1 aromatic carbocycles. The average Bonchev–Trinajstić information content (AvgIpc) is 2.43. The third kappa shape index (κ3) is 2.89. The molecular weight excluding hydrogens is 248 g/mol. The molecule has 0 fully saturated rings. The molecular formula is C12H14N4O3. The van der Waals surface area contributed by atoms with Crippen molar-refractivity contribution in [2.75, 3.05) is 29.9 Å². The number of hydrogen-bond acceptors (Lipinski definition) is 4. The summed E-state index contributed by atoms with van der Waals surface area (Å²) in [6.07, 6.45) is 0. The molecule has 4 N–H and O–H groups in total. The number of fused-ring (bicyclic) bond motifs is 1. The summed E-state index contributed by atoms with van der Waals surface area (Å²) in [5, 5.41) is 5.07. The van der Waals surface area contributed by atoms with Crippen LogP contribution in [0.3, 0.4) is 0 Å². The molecule has 1 aliphatic rings. The van der Waals surface area contributed by atoms with Gasteiger partial charge in [-0.3, -0.25) is 19.3 Å². The Morgan fingerprint density at radius 1 is 1.37 bits per heavy atom. The maximum Gasteiger partial charge on any atom is 0.246 e. The van der Waals surface area contributed by atoms with E-state index in [1.54, 1.807) is 24.3 Å². The lowest BCUT2D eigenvalue weighted by atomic mass is 10.2. The Hall–Kier alpha value is -2.41. The lowest BCUT2D eigenvalue weighted by Gasteiger charge is -2.29. The molecule has 0 atom stereocenters. The summed E-state index contributed by atoms with van der Waals surface area (Å²) in [5.74, 6) is -1.04. The predicted octanol–water partition coefficient (Wildman–Crippen LogP) is -0.953. The van der Waals surface area contributed by atoms with E-state index in [0.717, 1.165) is 0 Å². The van der Waals surface area contributed by atoms with Crippen LogP contribution in [0.4, 0.5) is 11.4 Å². The molecule has 100 valence electrons. The lowest BCUT2D eigenvalue weighted by molar-refractivity contribution is -0.124. The first kappa shape index (κ1) is 13.0. The summed E-state index contributed by atoms with van der Waals surface area (Å²) >= 11 is 0. The van der Waals surface area contributed by atoms with E-state index in [4.69, 9.17) is 5.73 Å². The van der Waals surface area contributed by atoms with E-state index >= 15 is 0 Å². The first-order valence-corrected chi connectivity index (χ1v) is 5.78. The average molecular weight is 262 g/mol. The maximum absolute atomic E-state index is 12.0. The van der Waals surface area contributed by atoms with Crippen molar-refractivity contribution in [2.45, 2.75) is 0 Å². The summed E-state index contributed by atoms with van der Waals surface area (Å²) in [5.41, 5.74) is 6.33. The molecule has 0 spiro atoms. The van der Waals surface area contributed by atoms with Crippen molar-refractivity contribution in [1.82, 2.24) is 5.32 Å². The molecule has 0 saturated heterocycles. The third-order valence-corrected chi connectivity index (χ3v) is 2.69. The number of benzene rings is 1. The summed E-state index contributed by atoms with van der Waals surface area (Å²) in [4.78, 5) is 35.9. The van der Waals surface area contributed by atoms with Gasteiger partial charge in [0.25, 0.3) is 0 Å². The van der Waals surface area contributed by atoms with Gasteiger partial charge in [-0.05, 0) is 12.1 Å². The van der Waals surface area contributed by atoms with E-state index in [1.807, 2.05) is 0 Å². The largest absolute Gasteiger partial charge is 0.346 e. The van der Waals surface area contributed by atoms with Gasteiger partial charge >= 0.3 is 0 Å². The second kappa shape index (κ2) is 5.49. The zero-order valence-corrected chi connectivity index (χ0v) is 10.2. The molecule has 0 aliphatic carbocycles. The first-order chi connectivity index (χ1) is 9.11. The number of amides is 3. The maximum atomic E-state index is 12.0. The number of rotatable bonds is 3. The SMILES string of the molecule is NCC(=O)NCC(=O)N1CC(=O)Nc2ccccc21. The number of hydrogen-bond donors (Lipinski definition) is 3. The van der Waals surface area contributed by atoms with Crippen LogP contribution in [0.5, 0.6) is 0 Å². The van der Waals surface area contributed by atoms with Gasteiger partial charge in [0.2, 0.25) is 17.7 Å². The second-order valence-electron chi connectivity index (χ2n) is 4.03. The summed E-state index contributed by atoms with van der Waals surface area (Å²) in [6, 6.07) is 6.99. The monoisotopic (exact) mass is 262 g/mol. The highest BCUT2D eigenvalue weighted by atomic mass is 16.2. The molecule has 0 radical (unpaired) electrons. The zero-order chi connectivity index (χ0) is 13.8. The molecule has 1 aromatic rings. The van der Waals surface area contributed by atoms with Crippen molar-refractivity contribution < 1.29 is 14.4 Å². The molecule has 7 heteroatoms. The lowest BCUT2D eigenvalue weighted by Crippen LogP contribution is -2.47. The summed E-state index contributed by atoms with van der Waals surface area (Å²) in [7, 11) is 0. The fourth-order valence-electron chi connectivity index (χ4n) is 1.80. The van der Waals surface area contributed by atoms with E-state index in [9.17, 15) is 14.4 Å². The quantitative estimate of drug-likeness (QED) is 0.653. The van der Waals surface area contributed by atoms with Crippen LogP contribution >= 0.6 is 0 Å². The highest BCUT2D eigenvalue weighted by Crippen LogP contribution is 2.28. The van der Waals surface area contributed by atoms with Crippen molar-refractivity contribution >= 4 is 29.1 Å². The van der Waals surface area contributed by atoms with Crippen LogP contribution < -0.4 is 21.3 Å². The predicted molar refractivity (Wildman–Crippen MR) is 69.5 cm³/mol. The van der Waals surface area contributed by atoms with Gasteiger partial charge in [-0.25, -0.2) is 0 Å². The fraction of sp³-hybridized carbons (Fsp3) is 0.250. The number of anilines is 2. The Balaban J connectivity index is 2.14. The molecule has 2 rings (SSSR count). The molecule has 7 nitrogen and oxygen atoms in total. The van der Waals surface area contributed by atoms with Crippen LogP contribution in [0.15, 0.2) is 24.3 Å². The van der Waals surface area contributed by atoms with E-state index in [-0.39, 0.29) is 31.4 Å². The van der Waals surface area contributed by atoms with Gasteiger partial charge < -0.3 is 16.4 Å². The van der Waals surface area contributed by atoms with Crippen molar-refractivity contribution in [3.8, 4) is 0 Å². The fourth-order valence-corrected chi connectivity index (χ4v) is 1.80. The van der Waals surface area contributed by atoms with Crippen LogP contribution in [-0.2, 0) is 14.4 Å². The molecule has 1 heterocycles. The highest BCUT2D eigenvalue weighted by Gasteiger charge is 2.26. The van der Waals surface area contributed by atoms with Gasteiger partial charge in [0.15, 0.2) is 0 Å². The molecule has 0 saturated carbocycles. The Kier molecular flexibility index (Phi) is 3.76. The Bertz CT molecular complexity index is 529. The van der Waals surface area contributed by atoms with Crippen molar-refractivity contribution in [3.63, 3.8) is 0 Å². The number of nitrogens with two attached hydrogens (primary N) is 1. The smallest absolute Gasteiger partial charge is 0.246 e. The topological polar surface area (TPSA) is 105 Å². The number of carbonyl (C=O) groups is 3. The molecule has 0 aromatic heterocycles. The van der Waals surface area contributed by atoms with Gasteiger partial charge in [-0.15, -0.1) is 0 Å². The van der Waals surface area contributed by atoms with E-state index < -0.39 is 5.91 Å². The van der Waals surface area contributed by atoms with E-state index in [2.05, 4.69) is 10.6 Å². The molecule has 1 aliphatic heterocycles. The summed E-state index contributed by atoms with van der Waals surface area (Å²) in [6.45, 7) is -0.420. The van der Waals surface area contributed by atoms with Gasteiger partial charge in [0.1, 0.15) is 6.54 Å². The van der Waals surface area contributed by atoms with Gasteiger partial charge in [-0.2, -0.15) is 0 Å². The normalized spacial score (nSPS) is 13.5. The van der Waals surface area contributed by atoms with Gasteiger partial charge in [-0.1, -0.05) is 12.1 Å². The summed E-state index contributed by atoms with van der Waals surface area (Å²) < 4.78 is 0. The minimum Gasteiger partial charge on any atom is -0.346 e. The number of nitrogens with zero attached hydrogens (tertiary/aromatic N) is 1. The van der Waals surface area contributed by atoms with Crippen LogP contribution in [0.25, 0.3) is 0 Å². The minimum absolute atomic E-state index is 0.0612. The van der Waals surface area contributed by atoms with E-state index in [0.29, 0.717) is 11.4 Å². The van der Waals surface area contributed by atoms with Crippen LogP contribution in [0.1, 0.15) is 0 Å². The number of para-hydroxylation sites is 2. The van der Waals surface area contributed by atoms with Crippen molar-refractivity contribution in [2.24, 2.45) is 5.73 Å². The van der Waals surface area contributed by atoms with Gasteiger partial charge in [0, 0.05) is 0 Å². The zero-order valence-electron chi connectivity index (χ0n) is 10.2. The molecule has 0 bridgehead atoms. The Morgan fingerprint density at radius 2 is 2.11 bits per heavy atom. The third-order valence-electron chi connectivity index (χ3n) is 2.69. The number of carbonyl (C=O) groups excluding carboxylic acids is 3. The van der Waals surface area contributed by atoms with Crippen LogP contribution in [0, 0.1) is 0 Å². The highest BCUT2D eigenvalue weighted by molar-refractivity contribution is 6.10. The Morgan fingerprint density at radius 3 is 2.84 bits per heavy atom. The standard InChI is InChI=1S/C12H14N4O3/c13-5-10(17)14-6-12(19)16-7-11(18)15-8-3-1-2-4-9(8)16/h1-4H,5-7,13H2,(H,14,17)(H,15,18). The second-order valence-corrected chi connectivity index (χ2v) is 4.03. The van der Waals surface area contributed by atoms with Crippen LogP contribution in [0.2, 0.25) is 0 Å². The molecule has 19 heavy (non-hydrogen) atoms. The van der Waals surface area contributed by atoms with Crippen LogP contribution in [-0.4, -0.2) is 37.4 Å². The van der Waals surface area contributed by atoms with Gasteiger partial charge in [0.05, 0.1) is 24.5 Å². The molecule has 0 unspecified atom stereocenters. The van der Waals surface area contributed by atoms with E-state index in [1.165, 1.54) is 4.90 Å². The van der Waals surface area contributed by atoms with Crippen molar-refractivity contribution in [3.05, 3.63) is 24.3 Å². The molecule has 3 amide bonds. The first-order valence-electron chi connectivity index (χ1n) is 5.78. The minimum atomic E-state index is -0.414. The Labute approximate surface area is 109 Å². The van der Waals surface area contributed by atoms with Crippen molar-refractivity contribution in [1.29, 1.82) is 0 Å². The number of nitrogens with one attached hydrogen (secondary N) is 2.